The molecule has 0 aliphatic carbocycles. The fraction of sp³-hybridized carbons (Fsp3) is 0.538. The van der Waals surface area contributed by atoms with Crippen LogP contribution in [0.4, 0.5) is 4.79 Å². The van der Waals surface area contributed by atoms with Crippen molar-refractivity contribution in [2.24, 2.45) is 5.73 Å². The summed E-state index contributed by atoms with van der Waals surface area (Å²) in [6.45, 7) is 2.07. The molecule has 4 N–H and O–H groups in total. The third-order valence-electron chi connectivity index (χ3n) is 3.26. The number of likely N-dealkylation sites (tertiary alicyclic amines) is 1. The van der Waals surface area contributed by atoms with Crippen LogP contribution in [0.2, 0.25) is 0 Å². The van der Waals surface area contributed by atoms with Gasteiger partial charge in [-0.1, -0.05) is 0 Å². The van der Waals surface area contributed by atoms with Gasteiger partial charge in [0.05, 0.1) is 19.4 Å². The Balaban J connectivity index is 1.64. The highest BCUT2D eigenvalue weighted by Crippen LogP contribution is 2.07. The summed E-state index contributed by atoms with van der Waals surface area (Å²) < 4.78 is 5.07. The summed E-state index contributed by atoms with van der Waals surface area (Å²) in [5.74, 6) is 0.329. The number of rotatable bonds is 4. The summed E-state index contributed by atoms with van der Waals surface area (Å²) >= 11 is 0. The van der Waals surface area contributed by atoms with Crippen molar-refractivity contribution >= 4 is 11.9 Å². The highest BCUT2D eigenvalue weighted by atomic mass is 16.3. The second kappa shape index (κ2) is 7.06. The molecule has 1 fully saturated rings. The molecule has 1 aliphatic heterocycles. The molecule has 0 atom stereocenters. The van der Waals surface area contributed by atoms with Crippen LogP contribution < -0.4 is 16.4 Å². The molecule has 0 bridgehead atoms. The van der Waals surface area contributed by atoms with Crippen molar-refractivity contribution in [3.05, 3.63) is 24.2 Å². The SMILES string of the molecule is NC1CCN(CC(=O)NC(=O)NCc2ccco2)CC1. The number of urea groups is 1. The Kier molecular flexibility index (Phi) is 5.14. The second-order valence-corrected chi connectivity index (χ2v) is 4.92. The lowest BCUT2D eigenvalue weighted by molar-refractivity contribution is -0.121. The fourth-order valence-electron chi connectivity index (χ4n) is 2.11. The van der Waals surface area contributed by atoms with Crippen molar-refractivity contribution in [2.75, 3.05) is 19.6 Å². The number of furan rings is 1. The van der Waals surface area contributed by atoms with Crippen LogP contribution in [0.3, 0.4) is 0 Å². The zero-order valence-corrected chi connectivity index (χ0v) is 11.3. The van der Waals surface area contributed by atoms with E-state index in [-0.39, 0.29) is 25.0 Å². The molecule has 0 unspecified atom stereocenters. The normalized spacial score (nSPS) is 16.9. The predicted molar refractivity (Wildman–Crippen MR) is 72.7 cm³/mol. The predicted octanol–water partition coefficient (Wildman–Crippen LogP) is 0.0285. The molecule has 2 heterocycles. The van der Waals surface area contributed by atoms with E-state index in [4.69, 9.17) is 10.2 Å². The van der Waals surface area contributed by atoms with Crippen molar-refractivity contribution in [1.82, 2.24) is 15.5 Å². The van der Waals surface area contributed by atoms with E-state index in [2.05, 4.69) is 10.6 Å². The molecule has 20 heavy (non-hydrogen) atoms. The first kappa shape index (κ1) is 14.5. The summed E-state index contributed by atoms with van der Waals surface area (Å²) in [6, 6.07) is 3.20. The molecule has 1 saturated heterocycles. The molecule has 0 aromatic carbocycles. The van der Waals surface area contributed by atoms with Gasteiger partial charge in [-0.05, 0) is 25.0 Å². The Hall–Kier alpha value is -1.86. The Morgan fingerprint density at radius 3 is 2.80 bits per heavy atom. The number of imide groups is 1. The summed E-state index contributed by atoms with van der Waals surface area (Å²) in [7, 11) is 0. The van der Waals surface area contributed by atoms with Crippen LogP contribution in [0.15, 0.2) is 22.8 Å². The van der Waals surface area contributed by atoms with Crippen LogP contribution in [0.5, 0.6) is 0 Å². The molecule has 0 saturated carbocycles. The molecule has 110 valence electrons. The molecule has 3 amide bonds. The largest absolute Gasteiger partial charge is 0.467 e. The van der Waals surface area contributed by atoms with Crippen LogP contribution in [0.1, 0.15) is 18.6 Å². The molecule has 7 heteroatoms. The van der Waals surface area contributed by atoms with E-state index in [1.165, 1.54) is 6.26 Å². The minimum absolute atomic E-state index is 0.223. The molecule has 1 aromatic heterocycles. The van der Waals surface area contributed by atoms with E-state index in [9.17, 15) is 9.59 Å². The van der Waals surface area contributed by atoms with Gasteiger partial charge in [0.15, 0.2) is 0 Å². The van der Waals surface area contributed by atoms with Gasteiger partial charge in [-0.15, -0.1) is 0 Å². The van der Waals surface area contributed by atoms with Crippen LogP contribution in [0, 0.1) is 0 Å². The first-order valence-corrected chi connectivity index (χ1v) is 6.71. The maximum absolute atomic E-state index is 11.7. The molecular formula is C13H20N4O3. The molecule has 0 radical (unpaired) electrons. The molecular weight excluding hydrogens is 260 g/mol. The summed E-state index contributed by atoms with van der Waals surface area (Å²) in [6.07, 6.45) is 3.30. The van der Waals surface area contributed by atoms with E-state index in [0.29, 0.717) is 5.76 Å². The summed E-state index contributed by atoms with van der Waals surface area (Å²) in [5, 5.41) is 4.85. The topological polar surface area (TPSA) is 101 Å². The van der Waals surface area contributed by atoms with Gasteiger partial charge in [0, 0.05) is 19.1 Å². The number of amides is 3. The van der Waals surface area contributed by atoms with Gasteiger partial charge in [0.1, 0.15) is 5.76 Å². The van der Waals surface area contributed by atoms with Crippen LogP contribution in [-0.4, -0.2) is 42.5 Å². The Labute approximate surface area is 117 Å². The van der Waals surface area contributed by atoms with E-state index in [1.807, 2.05) is 4.90 Å². The Morgan fingerprint density at radius 1 is 1.40 bits per heavy atom. The first-order valence-electron chi connectivity index (χ1n) is 6.71. The maximum atomic E-state index is 11.7. The van der Waals surface area contributed by atoms with Crippen LogP contribution >= 0.6 is 0 Å². The first-order chi connectivity index (χ1) is 9.63. The number of hydrogen-bond acceptors (Lipinski definition) is 5. The minimum Gasteiger partial charge on any atom is -0.467 e. The lowest BCUT2D eigenvalue weighted by Crippen LogP contribution is -2.47. The third-order valence-corrected chi connectivity index (χ3v) is 3.26. The van der Waals surface area contributed by atoms with E-state index < -0.39 is 6.03 Å². The molecule has 7 nitrogen and oxygen atoms in total. The average Bonchev–Trinajstić information content (AvgIpc) is 2.92. The smallest absolute Gasteiger partial charge is 0.321 e. The molecule has 0 spiro atoms. The molecule has 1 aromatic rings. The van der Waals surface area contributed by atoms with Gasteiger partial charge in [-0.2, -0.15) is 0 Å². The number of carbonyl (C=O) groups is 2. The number of hydrogen-bond donors (Lipinski definition) is 3. The van der Waals surface area contributed by atoms with Gasteiger partial charge in [-0.3, -0.25) is 15.0 Å². The zero-order valence-electron chi connectivity index (χ0n) is 11.3. The van der Waals surface area contributed by atoms with E-state index in [0.717, 1.165) is 25.9 Å². The van der Waals surface area contributed by atoms with Crippen LogP contribution in [-0.2, 0) is 11.3 Å². The number of nitrogens with one attached hydrogen (secondary N) is 2. The second-order valence-electron chi connectivity index (χ2n) is 4.92. The zero-order chi connectivity index (χ0) is 14.4. The number of nitrogens with zero attached hydrogens (tertiary/aromatic N) is 1. The van der Waals surface area contributed by atoms with Crippen molar-refractivity contribution < 1.29 is 14.0 Å². The Morgan fingerprint density at radius 2 is 2.15 bits per heavy atom. The highest BCUT2D eigenvalue weighted by Gasteiger charge is 2.19. The van der Waals surface area contributed by atoms with Gasteiger partial charge < -0.3 is 15.5 Å². The minimum atomic E-state index is -0.514. The third kappa shape index (κ3) is 4.67. The van der Waals surface area contributed by atoms with Gasteiger partial charge in [0.25, 0.3) is 0 Å². The fourth-order valence-corrected chi connectivity index (χ4v) is 2.11. The van der Waals surface area contributed by atoms with E-state index >= 15 is 0 Å². The van der Waals surface area contributed by atoms with Gasteiger partial charge in [-0.25, -0.2) is 4.79 Å². The quantitative estimate of drug-likeness (QED) is 0.722. The molecule has 2 rings (SSSR count). The average molecular weight is 280 g/mol. The number of carbonyl (C=O) groups excluding carboxylic acids is 2. The standard InChI is InChI=1S/C13H20N4O3/c14-10-3-5-17(6-4-10)9-12(18)16-13(19)15-8-11-2-1-7-20-11/h1-2,7,10H,3-6,8-9,14H2,(H2,15,16,18,19). The molecule has 1 aliphatic rings. The van der Waals surface area contributed by atoms with Crippen molar-refractivity contribution in [3.8, 4) is 0 Å². The summed E-state index contributed by atoms with van der Waals surface area (Å²) in [5.41, 5.74) is 5.79. The monoisotopic (exact) mass is 280 g/mol. The Bertz CT molecular complexity index is 438. The van der Waals surface area contributed by atoms with E-state index in [1.54, 1.807) is 12.1 Å². The number of nitrogens with two attached hydrogens (primary N) is 1. The number of piperidine rings is 1. The van der Waals surface area contributed by atoms with Crippen molar-refractivity contribution in [2.45, 2.75) is 25.4 Å². The van der Waals surface area contributed by atoms with Gasteiger partial charge >= 0.3 is 6.03 Å². The lowest BCUT2D eigenvalue weighted by atomic mass is 10.1. The lowest BCUT2D eigenvalue weighted by Gasteiger charge is -2.29. The summed E-state index contributed by atoms with van der Waals surface area (Å²) in [4.78, 5) is 25.2. The van der Waals surface area contributed by atoms with Gasteiger partial charge in [0.2, 0.25) is 5.91 Å². The van der Waals surface area contributed by atoms with Crippen molar-refractivity contribution in [1.29, 1.82) is 0 Å². The maximum Gasteiger partial charge on any atom is 0.321 e. The van der Waals surface area contributed by atoms with Crippen LogP contribution in [0.25, 0.3) is 0 Å². The highest BCUT2D eigenvalue weighted by molar-refractivity contribution is 5.95. The van der Waals surface area contributed by atoms with Crippen molar-refractivity contribution in [3.63, 3.8) is 0 Å².